The molecule has 0 aromatic heterocycles. The molecule has 2 aromatic rings. The third kappa shape index (κ3) is 5.43. The molecule has 0 heterocycles. The van der Waals surface area contributed by atoms with Crippen molar-refractivity contribution >= 4 is 5.97 Å². The van der Waals surface area contributed by atoms with Crippen LogP contribution in [0.5, 0.6) is 5.75 Å². The van der Waals surface area contributed by atoms with E-state index in [4.69, 9.17) is 4.74 Å². The van der Waals surface area contributed by atoms with Gasteiger partial charge < -0.3 is 4.74 Å². The second kappa shape index (κ2) is 10.5. The zero-order valence-corrected chi connectivity index (χ0v) is 19.1. The summed E-state index contributed by atoms with van der Waals surface area (Å²) < 4.78 is 34.6. The van der Waals surface area contributed by atoms with Gasteiger partial charge in [0.05, 0.1) is 5.56 Å². The molecule has 2 saturated carbocycles. The lowest BCUT2D eigenvalue weighted by atomic mass is 9.64. The maximum atomic E-state index is 15.0. The predicted octanol–water partition coefficient (Wildman–Crippen LogP) is 7.79. The highest BCUT2D eigenvalue weighted by atomic mass is 19.1. The molecule has 0 amide bonds. The van der Waals surface area contributed by atoms with E-state index in [0.717, 1.165) is 31.2 Å². The first-order chi connectivity index (χ1) is 16.0. The lowest BCUT2D eigenvalue weighted by Crippen LogP contribution is -2.30. The highest BCUT2D eigenvalue weighted by Gasteiger charge is 2.36. The summed E-state index contributed by atoms with van der Waals surface area (Å²) in [4.78, 5) is 12.5. The number of allylic oxidation sites excluding steroid dienone is 2. The first kappa shape index (κ1) is 23.4. The van der Waals surface area contributed by atoms with Gasteiger partial charge in [0.25, 0.3) is 0 Å². The highest BCUT2D eigenvalue weighted by molar-refractivity contribution is 5.91. The number of fused-ring (bicyclic) bond motifs is 1. The molecule has 2 aromatic carbocycles. The minimum atomic E-state index is -0.760. The van der Waals surface area contributed by atoms with E-state index in [0.29, 0.717) is 29.7 Å². The molecule has 4 atom stereocenters. The number of esters is 1. The third-order valence-electron chi connectivity index (χ3n) is 7.50. The van der Waals surface area contributed by atoms with Crippen LogP contribution in [-0.2, 0) is 6.42 Å². The van der Waals surface area contributed by atoms with Crippen LogP contribution in [0.25, 0.3) is 0 Å². The summed E-state index contributed by atoms with van der Waals surface area (Å²) in [7, 11) is 0. The van der Waals surface area contributed by atoms with Crippen LogP contribution in [0.1, 0.15) is 72.3 Å². The fourth-order valence-corrected chi connectivity index (χ4v) is 5.62. The number of halogens is 2. The quantitative estimate of drug-likeness (QED) is 0.244. The Balaban J connectivity index is 1.41. The normalized spacial score (nSPS) is 24.5. The van der Waals surface area contributed by atoms with Crippen molar-refractivity contribution in [3.05, 3.63) is 90.0 Å². The van der Waals surface area contributed by atoms with Gasteiger partial charge in [0, 0.05) is 0 Å². The van der Waals surface area contributed by atoms with Crippen LogP contribution in [0.2, 0.25) is 0 Å². The van der Waals surface area contributed by atoms with Crippen LogP contribution in [0.4, 0.5) is 8.78 Å². The molecule has 0 spiro atoms. The van der Waals surface area contributed by atoms with Crippen molar-refractivity contribution in [3.8, 4) is 5.75 Å². The van der Waals surface area contributed by atoms with E-state index in [9.17, 15) is 9.18 Å². The zero-order chi connectivity index (χ0) is 23.4. The first-order valence-electron chi connectivity index (χ1n) is 12.0. The van der Waals surface area contributed by atoms with Crippen molar-refractivity contribution in [2.75, 3.05) is 0 Å². The number of carbonyl (C=O) groups excluding carboxylic acids is 1. The van der Waals surface area contributed by atoms with E-state index in [1.807, 2.05) is 0 Å². The van der Waals surface area contributed by atoms with Crippen LogP contribution >= 0.6 is 0 Å². The maximum absolute atomic E-state index is 15.0. The van der Waals surface area contributed by atoms with Gasteiger partial charge in [-0.2, -0.15) is 0 Å². The molecule has 0 radical (unpaired) electrons. The molecule has 4 rings (SSSR count). The number of aryl methyl sites for hydroxylation is 1. The van der Waals surface area contributed by atoms with Crippen molar-refractivity contribution in [2.45, 2.75) is 57.3 Å². The molecule has 2 nitrogen and oxygen atoms in total. The summed E-state index contributed by atoms with van der Waals surface area (Å²) in [6, 6.07) is 9.05. The minimum Gasteiger partial charge on any atom is -0.420 e. The Hall–Kier alpha value is -2.75. The monoisotopic (exact) mass is 450 g/mol. The van der Waals surface area contributed by atoms with Crippen molar-refractivity contribution < 1.29 is 18.3 Å². The highest BCUT2D eigenvalue weighted by Crippen LogP contribution is 2.48. The van der Waals surface area contributed by atoms with Gasteiger partial charge >= 0.3 is 5.97 Å². The number of carbonyl (C=O) groups is 1. The SMILES string of the molecule is C=CCCc1ccc(OC(=O)c2ccc(C3CCC4CC(C=C)CCC4C3)c(F)c2)c(F)c1. The summed E-state index contributed by atoms with van der Waals surface area (Å²) in [5.74, 6) is 0.257. The number of rotatable bonds is 7. The van der Waals surface area contributed by atoms with Gasteiger partial charge in [0.15, 0.2) is 11.6 Å². The minimum absolute atomic E-state index is 0.0894. The topological polar surface area (TPSA) is 26.3 Å². The van der Waals surface area contributed by atoms with Crippen molar-refractivity contribution in [3.63, 3.8) is 0 Å². The van der Waals surface area contributed by atoms with E-state index in [1.165, 1.54) is 37.5 Å². The van der Waals surface area contributed by atoms with Gasteiger partial charge in [-0.05, 0) is 110 Å². The van der Waals surface area contributed by atoms with E-state index in [1.54, 1.807) is 24.3 Å². The molecular weight excluding hydrogens is 418 g/mol. The Morgan fingerprint density at radius 3 is 2.48 bits per heavy atom. The largest absolute Gasteiger partial charge is 0.420 e. The third-order valence-corrected chi connectivity index (χ3v) is 7.50. The molecule has 0 saturated heterocycles. The van der Waals surface area contributed by atoms with E-state index < -0.39 is 11.8 Å². The number of benzene rings is 2. The van der Waals surface area contributed by atoms with Crippen molar-refractivity contribution in [1.29, 1.82) is 0 Å². The van der Waals surface area contributed by atoms with Gasteiger partial charge in [-0.15, -0.1) is 13.2 Å². The molecule has 33 heavy (non-hydrogen) atoms. The summed E-state index contributed by atoms with van der Waals surface area (Å²) in [6.45, 7) is 7.61. The molecule has 2 aliphatic carbocycles. The Morgan fingerprint density at radius 1 is 0.970 bits per heavy atom. The molecule has 0 N–H and O–H groups in total. The Bertz CT molecular complexity index is 1030. The summed E-state index contributed by atoms with van der Waals surface area (Å²) >= 11 is 0. The molecule has 174 valence electrons. The smallest absolute Gasteiger partial charge is 0.343 e. The van der Waals surface area contributed by atoms with Crippen LogP contribution in [-0.4, -0.2) is 5.97 Å². The molecule has 2 fully saturated rings. The molecule has 2 aliphatic rings. The number of hydrogen-bond acceptors (Lipinski definition) is 2. The van der Waals surface area contributed by atoms with Gasteiger partial charge in [-0.25, -0.2) is 13.6 Å². The van der Waals surface area contributed by atoms with E-state index in [-0.39, 0.29) is 23.0 Å². The number of ether oxygens (including phenoxy) is 1. The van der Waals surface area contributed by atoms with Gasteiger partial charge in [-0.1, -0.05) is 24.3 Å². The van der Waals surface area contributed by atoms with E-state index >= 15 is 4.39 Å². The van der Waals surface area contributed by atoms with E-state index in [2.05, 4.69) is 19.2 Å². The lowest BCUT2D eigenvalue weighted by molar-refractivity contribution is 0.0727. The van der Waals surface area contributed by atoms with Crippen molar-refractivity contribution in [1.82, 2.24) is 0 Å². The van der Waals surface area contributed by atoms with Gasteiger partial charge in [0.2, 0.25) is 0 Å². The fourth-order valence-electron chi connectivity index (χ4n) is 5.62. The Kier molecular flexibility index (Phi) is 7.42. The molecule has 4 unspecified atom stereocenters. The fraction of sp³-hybridized carbons (Fsp3) is 0.414. The van der Waals surface area contributed by atoms with Gasteiger partial charge in [0.1, 0.15) is 5.82 Å². The second-order valence-corrected chi connectivity index (χ2v) is 9.56. The van der Waals surface area contributed by atoms with Crippen LogP contribution in [0, 0.1) is 29.4 Å². The average Bonchev–Trinajstić information content (AvgIpc) is 2.83. The lowest BCUT2D eigenvalue weighted by Gasteiger charge is -2.41. The predicted molar refractivity (Wildman–Crippen MR) is 127 cm³/mol. The zero-order valence-electron chi connectivity index (χ0n) is 19.1. The van der Waals surface area contributed by atoms with Crippen LogP contribution in [0.3, 0.4) is 0 Å². The molecule has 0 bridgehead atoms. The maximum Gasteiger partial charge on any atom is 0.343 e. The molecular formula is C29H32F2O2. The average molecular weight is 451 g/mol. The summed E-state index contributed by atoms with van der Waals surface area (Å²) in [5.41, 5.74) is 1.57. The Labute approximate surface area is 195 Å². The second-order valence-electron chi connectivity index (χ2n) is 9.56. The first-order valence-corrected chi connectivity index (χ1v) is 12.0. The summed E-state index contributed by atoms with van der Waals surface area (Å²) in [6.07, 6.45) is 11.9. The van der Waals surface area contributed by atoms with Crippen molar-refractivity contribution in [2.24, 2.45) is 17.8 Å². The number of hydrogen-bond donors (Lipinski definition) is 0. The van der Waals surface area contributed by atoms with Gasteiger partial charge in [-0.3, -0.25) is 0 Å². The standard InChI is InChI=1S/C29H32F2O2/c1-3-5-6-20-8-14-28(27(31)16-20)33-29(32)24-12-13-25(26(30)18-24)23-11-10-21-15-19(4-2)7-9-22(21)17-23/h3-4,8,12-14,16,18-19,21-23H,1-2,5-7,9-11,15,17H2. The molecule has 4 heteroatoms. The Morgan fingerprint density at radius 2 is 1.76 bits per heavy atom. The van der Waals surface area contributed by atoms with Crippen LogP contribution < -0.4 is 4.74 Å². The van der Waals surface area contributed by atoms with Crippen LogP contribution in [0.15, 0.2) is 61.7 Å². The molecule has 0 aliphatic heterocycles. The summed E-state index contributed by atoms with van der Waals surface area (Å²) in [5, 5.41) is 0.